The standard InChI is InChI=1S/C13H13F3N2O2S/c14-13(15,16)10-4-2-1-3-9(10)11-7-21-12(18-11)17-5-8(20)6-19/h1-4,7-8,19-20H,5-6H2,(H,17,18)/t8-/m0/s1. The van der Waals surface area contributed by atoms with Crippen LogP contribution in [0.2, 0.25) is 0 Å². The minimum absolute atomic E-state index is 0.0111. The Bertz CT molecular complexity index is 601. The second-order valence-electron chi connectivity index (χ2n) is 4.30. The number of anilines is 1. The summed E-state index contributed by atoms with van der Waals surface area (Å²) in [5.41, 5.74) is -0.511. The van der Waals surface area contributed by atoms with Crippen LogP contribution in [0.4, 0.5) is 18.3 Å². The lowest BCUT2D eigenvalue weighted by Gasteiger charge is -2.10. The molecule has 0 bridgehead atoms. The minimum Gasteiger partial charge on any atom is -0.394 e. The van der Waals surface area contributed by atoms with Gasteiger partial charge in [-0.3, -0.25) is 0 Å². The zero-order valence-electron chi connectivity index (χ0n) is 10.8. The van der Waals surface area contributed by atoms with Gasteiger partial charge in [-0.25, -0.2) is 4.98 Å². The van der Waals surface area contributed by atoms with Gasteiger partial charge >= 0.3 is 6.18 Å². The predicted molar refractivity (Wildman–Crippen MR) is 74.1 cm³/mol. The number of nitrogens with zero attached hydrogens (tertiary/aromatic N) is 1. The van der Waals surface area contributed by atoms with Crippen molar-refractivity contribution in [2.75, 3.05) is 18.5 Å². The van der Waals surface area contributed by atoms with E-state index in [-0.39, 0.29) is 17.8 Å². The van der Waals surface area contributed by atoms with Crippen molar-refractivity contribution in [1.29, 1.82) is 0 Å². The zero-order valence-corrected chi connectivity index (χ0v) is 11.6. The highest BCUT2D eigenvalue weighted by Crippen LogP contribution is 2.37. The van der Waals surface area contributed by atoms with Gasteiger partial charge in [0.05, 0.1) is 24.0 Å². The molecule has 0 aliphatic rings. The lowest BCUT2D eigenvalue weighted by Crippen LogP contribution is -2.22. The van der Waals surface area contributed by atoms with Crippen LogP contribution in [0.25, 0.3) is 11.3 Å². The summed E-state index contributed by atoms with van der Waals surface area (Å²) in [6, 6.07) is 5.23. The SMILES string of the molecule is OC[C@@H](O)CNc1nc(-c2ccccc2C(F)(F)F)cs1. The Kier molecular flexibility index (Phi) is 4.81. The number of aliphatic hydroxyl groups excluding tert-OH is 2. The number of hydrogen-bond acceptors (Lipinski definition) is 5. The van der Waals surface area contributed by atoms with Gasteiger partial charge in [0.15, 0.2) is 5.13 Å². The molecule has 4 nitrogen and oxygen atoms in total. The molecule has 0 amide bonds. The van der Waals surface area contributed by atoms with E-state index >= 15 is 0 Å². The average Bonchev–Trinajstić information content (AvgIpc) is 2.92. The quantitative estimate of drug-likeness (QED) is 0.793. The fraction of sp³-hybridized carbons (Fsp3) is 0.308. The topological polar surface area (TPSA) is 65.4 Å². The molecule has 1 aromatic carbocycles. The Morgan fingerprint density at radius 3 is 2.67 bits per heavy atom. The number of thiazole rings is 1. The third-order valence-electron chi connectivity index (χ3n) is 2.71. The van der Waals surface area contributed by atoms with Crippen LogP contribution >= 0.6 is 11.3 Å². The Hall–Kier alpha value is -1.64. The highest BCUT2D eigenvalue weighted by molar-refractivity contribution is 7.14. The molecular formula is C13H13F3N2O2S. The van der Waals surface area contributed by atoms with Gasteiger partial charge in [-0.05, 0) is 6.07 Å². The summed E-state index contributed by atoms with van der Waals surface area (Å²) >= 11 is 1.13. The molecule has 8 heteroatoms. The van der Waals surface area contributed by atoms with E-state index in [4.69, 9.17) is 5.11 Å². The van der Waals surface area contributed by atoms with Crippen LogP contribution in [-0.4, -0.2) is 34.5 Å². The average molecular weight is 318 g/mol. The first-order valence-electron chi connectivity index (χ1n) is 6.06. The van der Waals surface area contributed by atoms with Crippen LogP contribution in [0.5, 0.6) is 0 Å². The first-order chi connectivity index (χ1) is 9.91. The third-order valence-corrected chi connectivity index (χ3v) is 3.51. The molecule has 0 aliphatic heterocycles. The number of aromatic nitrogens is 1. The van der Waals surface area contributed by atoms with E-state index < -0.39 is 24.5 Å². The Labute approximate surface area is 122 Å². The molecule has 0 saturated carbocycles. The molecule has 1 atom stereocenters. The normalized spacial score (nSPS) is 13.2. The molecule has 21 heavy (non-hydrogen) atoms. The summed E-state index contributed by atoms with van der Waals surface area (Å²) in [7, 11) is 0. The van der Waals surface area contributed by atoms with Crippen LogP contribution in [0, 0.1) is 0 Å². The van der Waals surface area contributed by atoms with Gasteiger partial charge in [-0.15, -0.1) is 11.3 Å². The molecule has 0 saturated heterocycles. The third kappa shape index (κ3) is 3.93. The molecule has 0 aliphatic carbocycles. The highest BCUT2D eigenvalue weighted by atomic mass is 32.1. The van der Waals surface area contributed by atoms with Gasteiger partial charge in [-0.1, -0.05) is 18.2 Å². The maximum atomic E-state index is 12.9. The minimum atomic E-state index is -4.44. The van der Waals surface area contributed by atoms with E-state index in [0.717, 1.165) is 17.4 Å². The second kappa shape index (κ2) is 6.42. The molecule has 1 aromatic heterocycles. The van der Waals surface area contributed by atoms with E-state index in [0.29, 0.717) is 5.13 Å². The van der Waals surface area contributed by atoms with E-state index in [1.54, 1.807) is 0 Å². The highest BCUT2D eigenvalue weighted by Gasteiger charge is 2.33. The zero-order chi connectivity index (χ0) is 15.5. The van der Waals surface area contributed by atoms with Crippen molar-refractivity contribution >= 4 is 16.5 Å². The summed E-state index contributed by atoms with van der Waals surface area (Å²) in [6.45, 7) is -0.327. The lowest BCUT2D eigenvalue weighted by atomic mass is 10.1. The van der Waals surface area contributed by atoms with Gasteiger partial charge in [-0.2, -0.15) is 13.2 Å². The number of aliphatic hydroxyl groups is 2. The number of alkyl halides is 3. The molecule has 114 valence electrons. The largest absolute Gasteiger partial charge is 0.417 e. The van der Waals surface area contributed by atoms with E-state index in [9.17, 15) is 18.3 Å². The summed E-state index contributed by atoms with van der Waals surface area (Å²) < 4.78 is 38.8. The van der Waals surface area contributed by atoms with Crippen molar-refractivity contribution < 1.29 is 23.4 Å². The van der Waals surface area contributed by atoms with Crippen LogP contribution < -0.4 is 5.32 Å². The van der Waals surface area contributed by atoms with Crippen molar-refractivity contribution in [3.8, 4) is 11.3 Å². The van der Waals surface area contributed by atoms with Gasteiger partial charge in [0, 0.05) is 17.5 Å². The summed E-state index contributed by atoms with van der Waals surface area (Å²) in [6.07, 6.45) is -5.39. The smallest absolute Gasteiger partial charge is 0.394 e. The van der Waals surface area contributed by atoms with Gasteiger partial charge in [0.2, 0.25) is 0 Å². The molecule has 3 N–H and O–H groups in total. The fourth-order valence-electron chi connectivity index (χ4n) is 1.70. The second-order valence-corrected chi connectivity index (χ2v) is 5.16. The van der Waals surface area contributed by atoms with Crippen LogP contribution in [0.3, 0.4) is 0 Å². The maximum Gasteiger partial charge on any atom is 0.417 e. The number of nitrogens with one attached hydrogen (secondary N) is 1. The lowest BCUT2D eigenvalue weighted by molar-refractivity contribution is -0.137. The van der Waals surface area contributed by atoms with Gasteiger partial charge in [0.25, 0.3) is 0 Å². The maximum absolute atomic E-state index is 12.9. The van der Waals surface area contributed by atoms with Gasteiger partial charge in [0.1, 0.15) is 0 Å². The number of hydrogen-bond donors (Lipinski definition) is 3. The first kappa shape index (κ1) is 15.7. The number of halogens is 3. The molecule has 2 rings (SSSR count). The van der Waals surface area contributed by atoms with Crippen LogP contribution in [0.1, 0.15) is 5.56 Å². The molecule has 2 aromatic rings. The van der Waals surface area contributed by atoms with E-state index in [1.165, 1.54) is 23.6 Å². The number of rotatable bonds is 5. The van der Waals surface area contributed by atoms with Crippen molar-refractivity contribution in [3.63, 3.8) is 0 Å². The summed E-state index contributed by atoms with van der Waals surface area (Å²) in [5.74, 6) is 0. The van der Waals surface area contributed by atoms with Crippen LogP contribution in [-0.2, 0) is 6.18 Å². The monoisotopic (exact) mass is 318 g/mol. The van der Waals surface area contributed by atoms with Crippen LogP contribution in [0.15, 0.2) is 29.6 Å². The Balaban J connectivity index is 2.22. The molecule has 1 heterocycles. The van der Waals surface area contributed by atoms with Crippen molar-refractivity contribution in [2.24, 2.45) is 0 Å². The number of benzene rings is 1. The summed E-state index contributed by atoms with van der Waals surface area (Å²) in [5, 5.41) is 22.6. The van der Waals surface area contributed by atoms with Crippen molar-refractivity contribution in [3.05, 3.63) is 35.2 Å². The predicted octanol–water partition coefficient (Wildman–Crippen LogP) is 2.59. The summed E-state index contributed by atoms with van der Waals surface area (Å²) in [4.78, 5) is 4.08. The molecule has 0 spiro atoms. The first-order valence-corrected chi connectivity index (χ1v) is 6.94. The molecular weight excluding hydrogens is 305 g/mol. The van der Waals surface area contributed by atoms with Crippen molar-refractivity contribution in [2.45, 2.75) is 12.3 Å². The molecule has 0 fully saturated rings. The molecule has 0 radical (unpaired) electrons. The Morgan fingerprint density at radius 1 is 1.29 bits per heavy atom. The van der Waals surface area contributed by atoms with Crippen molar-refractivity contribution in [1.82, 2.24) is 4.98 Å². The molecule has 0 unspecified atom stereocenters. The van der Waals surface area contributed by atoms with E-state index in [2.05, 4.69) is 10.3 Å². The Morgan fingerprint density at radius 2 is 2.00 bits per heavy atom. The van der Waals surface area contributed by atoms with Gasteiger partial charge < -0.3 is 15.5 Å². The van der Waals surface area contributed by atoms with E-state index in [1.807, 2.05) is 0 Å². The fourth-order valence-corrected chi connectivity index (χ4v) is 2.42.